The number of amides is 2. The fourth-order valence-corrected chi connectivity index (χ4v) is 5.16. The Hall–Kier alpha value is -2.94. The highest BCUT2D eigenvalue weighted by Crippen LogP contribution is 2.29. The van der Waals surface area contributed by atoms with Crippen LogP contribution in [0.3, 0.4) is 0 Å². The number of aromatic nitrogens is 2. The number of hydrogen-bond donors (Lipinski definition) is 2. The summed E-state index contributed by atoms with van der Waals surface area (Å²) in [5.41, 5.74) is 0.829. The number of benzene rings is 1. The van der Waals surface area contributed by atoms with Gasteiger partial charge in [0.15, 0.2) is 0 Å². The third kappa shape index (κ3) is 4.21. The number of hydrogen-bond acceptors (Lipinski definition) is 7. The third-order valence-electron chi connectivity index (χ3n) is 6.91. The van der Waals surface area contributed by atoms with E-state index in [-0.39, 0.29) is 35.9 Å². The molecular weight excluding hydrogens is 410 g/mol. The minimum Gasteiger partial charge on any atom is -0.497 e. The number of nitrogens with zero attached hydrogens (tertiary/aromatic N) is 3. The summed E-state index contributed by atoms with van der Waals surface area (Å²) in [4.78, 5) is 27.2. The van der Waals surface area contributed by atoms with E-state index in [0.29, 0.717) is 37.7 Å². The Kier molecular flexibility index (Phi) is 5.82. The first-order valence-corrected chi connectivity index (χ1v) is 11.4. The van der Waals surface area contributed by atoms with E-state index in [0.717, 1.165) is 37.0 Å². The molecule has 1 saturated carbocycles. The van der Waals surface area contributed by atoms with Crippen molar-refractivity contribution in [3.05, 3.63) is 30.2 Å². The number of rotatable bonds is 6. The molecule has 0 spiro atoms. The maximum atomic E-state index is 12.6. The van der Waals surface area contributed by atoms with Crippen LogP contribution >= 0.6 is 0 Å². The second-order valence-corrected chi connectivity index (χ2v) is 8.97. The zero-order valence-corrected chi connectivity index (χ0v) is 18.3. The van der Waals surface area contributed by atoms with Crippen molar-refractivity contribution in [3.63, 3.8) is 0 Å². The molecular formula is C23H29N5O4. The first-order valence-electron chi connectivity index (χ1n) is 11.4. The molecule has 0 bridgehead atoms. The van der Waals surface area contributed by atoms with Crippen LogP contribution in [0.5, 0.6) is 5.75 Å². The van der Waals surface area contributed by atoms with Gasteiger partial charge in [-0.1, -0.05) is 12.8 Å². The predicted octanol–water partition coefficient (Wildman–Crippen LogP) is 1.54. The fraction of sp³-hybridized carbons (Fsp3) is 0.565. The molecule has 3 heterocycles. The van der Waals surface area contributed by atoms with Crippen LogP contribution in [-0.4, -0.2) is 65.2 Å². The molecule has 2 saturated heterocycles. The Labute approximate surface area is 186 Å². The van der Waals surface area contributed by atoms with E-state index in [4.69, 9.17) is 9.15 Å². The van der Waals surface area contributed by atoms with Crippen LogP contribution in [0.1, 0.15) is 38.0 Å². The maximum Gasteiger partial charge on any atom is 0.247 e. The summed E-state index contributed by atoms with van der Waals surface area (Å²) in [6.07, 6.45) is 5.39. The van der Waals surface area contributed by atoms with Gasteiger partial charge in [-0.15, -0.1) is 10.2 Å². The lowest BCUT2D eigenvalue weighted by Gasteiger charge is -2.36. The van der Waals surface area contributed by atoms with Gasteiger partial charge in [0.1, 0.15) is 5.75 Å². The summed E-state index contributed by atoms with van der Waals surface area (Å²) >= 11 is 0. The topological polar surface area (TPSA) is 110 Å². The highest BCUT2D eigenvalue weighted by atomic mass is 16.5. The van der Waals surface area contributed by atoms with Gasteiger partial charge in [0, 0.05) is 43.1 Å². The molecule has 2 aliphatic heterocycles. The van der Waals surface area contributed by atoms with Gasteiger partial charge in [0.2, 0.25) is 23.6 Å². The Bertz CT molecular complexity index is 969. The van der Waals surface area contributed by atoms with Crippen molar-refractivity contribution in [1.29, 1.82) is 0 Å². The summed E-state index contributed by atoms with van der Waals surface area (Å²) in [7, 11) is 1.62. The molecule has 2 amide bonds. The van der Waals surface area contributed by atoms with E-state index >= 15 is 0 Å². The standard InChI is InChI=1S/C23H29N5O4/c1-31-18-8-6-15(7-9-18)23-27-26-20(32-23)11-17-12-24-22(30)19-10-16(13-28(17)19)25-21(29)14-4-2-3-5-14/h6-9,14,16-17,19H,2-5,10-13H2,1H3,(H,24,30)(H,25,29)/t16-,17+,19-/m0/s1. The molecule has 1 aromatic heterocycles. The molecule has 1 aliphatic carbocycles. The zero-order valence-electron chi connectivity index (χ0n) is 18.3. The van der Waals surface area contributed by atoms with Gasteiger partial charge in [-0.25, -0.2) is 0 Å². The van der Waals surface area contributed by atoms with Crippen molar-refractivity contribution >= 4 is 11.8 Å². The lowest BCUT2D eigenvalue weighted by Crippen LogP contribution is -2.58. The van der Waals surface area contributed by atoms with Gasteiger partial charge in [-0.05, 0) is 43.5 Å². The molecule has 0 radical (unpaired) electrons. The van der Waals surface area contributed by atoms with E-state index in [1.54, 1.807) is 7.11 Å². The van der Waals surface area contributed by atoms with Gasteiger partial charge in [-0.2, -0.15) is 0 Å². The van der Waals surface area contributed by atoms with Gasteiger partial charge in [0.05, 0.1) is 13.2 Å². The number of fused-ring (bicyclic) bond motifs is 1. The summed E-state index contributed by atoms with van der Waals surface area (Å²) < 4.78 is 11.1. The van der Waals surface area contributed by atoms with Crippen molar-refractivity contribution in [2.45, 2.75) is 56.7 Å². The fourth-order valence-electron chi connectivity index (χ4n) is 5.16. The number of carbonyl (C=O) groups excluding carboxylic acids is 2. The smallest absolute Gasteiger partial charge is 0.247 e. The van der Waals surface area contributed by atoms with E-state index in [1.165, 1.54) is 0 Å². The summed E-state index contributed by atoms with van der Waals surface area (Å²) in [6, 6.07) is 7.28. The molecule has 9 heteroatoms. The van der Waals surface area contributed by atoms with E-state index in [1.807, 2.05) is 24.3 Å². The molecule has 9 nitrogen and oxygen atoms in total. The molecule has 32 heavy (non-hydrogen) atoms. The maximum absolute atomic E-state index is 12.6. The molecule has 5 rings (SSSR count). The average Bonchev–Trinajstić information content (AvgIpc) is 3.57. The van der Waals surface area contributed by atoms with Crippen LogP contribution in [0.25, 0.3) is 11.5 Å². The molecule has 1 aromatic carbocycles. The normalized spacial score (nSPS) is 26.0. The monoisotopic (exact) mass is 439 g/mol. The molecule has 3 aliphatic rings. The van der Waals surface area contributed by atoms with Crippen molar-refractivity contribution in [3.8, 4) is 17.2 Å². The Balaban J connectivity index is 1.24. The van der Waals surface area contributed by atoms with E-state index in [9.17, 15) is 9.59 Å². The number of piperazine rings is 1. The molecule has 2 N–H and O–H groups in total. The van der Waals surface area contributed by atoms with E-state index < -0.39 is 0 Å². The van der Waals surface area contributed by atoms with Gasteiger partial charge >= 0.3 is 0 Å². The Morgan fingerprint density at radius 1 is 1.25 bits per heavy atom. The van der Waals surface area contributed by atoms with Gasteiger partial charge < -0.3 is 19.8 Å². The van der Waals surface area contributed by atoms with Crippen molar-refractivity contribution in [1.82, 2.24) is 25.7 Å². The molecule has 2 aromatic rings. The number of ether oxygens (including phenoxy) is 1. The van der Waals surface area contributed by atoms with Crippen LogP contribution in [0.4, 0.5) is 0 Å². The summed E-state index contributed by atoms with van der Waals surface area (Å²) in [5, 5.41) is 14.6. The van der Waals surface area contributed by atoms with Crippen LogP contribution in [0.2, 0.25) is 0 Å². The molecule has 3 atom stereocenters. The van der Waals surface area contributed by atoms with Crippen LogP contribution in [0.15, 0.2) is 28.7 Å². The summed E-state index contributed by atoms with van der Waals surface area (Å²) in [6.45, 7) is 1.19. The number of carbonyl (C=O) groups is 2. The second kappa shape index (κ2) is 8.90. The van der Waals surface area contributed by atoms with Gasteiger partial charge in [-0.3, -0.25) is 14.5 Å². The van der Waals surface area contributed by atoms with Crippen LogP contribution in [0, 0.1) is 5.92 Å². The van der Waals surface area contributed by atoms with Crippen molar-refractivity contribution in [2.75, 3.05) is 20.2 Å². The quantitative estimate of drug-likeness (QED) is 0.703. The third-order valence-corrected chi connectivity index (χ3v) is 6.91. The Morgan fingerprint density at radius 2 is 2.03 bits per heavy atom. The highest BCUT2D eigenvalue weighted by molar-refractivity contribution is 5.84. The minimum absolute atomic E-state index is 0.00278. The predicted molar refractivity (Wildman–Crippen MR) is 116 cm³/mol. The largest absolute Gasteiger partial charge is 0.497 e. The highest BCUT2D eigenvalue weighted by Gasteiger charge is 2.44. The van der Waals surface area contributed by atoms with Crippen molar-refractivity contribution in [2.24, 2.45) is 5.92 Å². The van der Waals surface area contributed by atoms with E-state index in [2.05, 4.69) is 25.7 Å². The lowest BCUT2D eigenvalue weighted by molar-refractivity contribution is -0.129. The van der Waals surface area contributed by atoms with Crippen molar-refractivity contribution < 1.29 is 18.7 Å². The van der Waals surface area contributed by atoms with Crippen LogP contribution < -0.4 is 15.4 Å². The molecule has 0 unspecified atom stereocenters. The molecule has 3 fully saturated rings. The molecule has 170 valence electrons. The first kappa shape index (κ1) is 20.9. The summed E-state index contributed by atoms with van der Waals surface area (Å²) in [5.74, 6) is 2.07. The lowest BCUT2D eigenvalue weighted by atomic mass is 10.0. The van der Waals surface area contributed by atoms with Crippen LogP contribution in [-0.2, 0) is 16.0 Å². The average molecular weight is 440 g/mol. The first-order chi connectivity index (χ1) is 15.6. The van der Waals surface area contributed by atoms with Gasteiger partial charge in [0.25, 0.3) is 0 Å². The Morgan fingerprint density at radius 3 is 2.78 bits per heavy atom. The minimum atomic E-state index is -0.230. The number of methoxy groups -OCH3 is 1. The zero-order chi connectivity index (χ0) is 22.1. The number of nitrogens with one attached hydrogen (secondary N) is 2. The SMILES string of the molecule is COc1ccc(-c2nnc(C[C@@H]3CNC(=O)[C@@H]4C[C@H](NC(=O)C5CCCC5)CN34)o2)cc1. The second-order valence-electron chi connectivity index (χ2n) is 8.97.